The highest BCUT2D eigenvalue weighted by molar-refractivity contribution is 5.23. The van der Waals surface area contributed by atoms with Gasteiger partial charge in [0.05, 0.1) is 6.20 Å². The molecule has 48 valence electrons. The summed E-state index contributed by atoms with van der Waals surface area (Å²) in [6.45, 7) is 0. The summed E-state index contributed by atoms with van der Waals surface area (Å²) in [4.78, 5) is 5.90. The van der Waals surface area contributed by atoms with Gasteiger partial charge in [-0.05, 0) is 0 Å². The molecule has 3 nitrogen and oxygen atoms in total. The third-order valence-electron chi connectivity index (χ3n) is 0.723. The largest absolute Gasteiger partial charge is 0.380 e. The zero-order chi connectivity index (χ0) is 6.85. The van der Waals surface area contributed by atoms with Crippen molar-refractivity contribution < 1.29 is 8.78 Å². The van der Waals surface area contributed by atoms with E-state index in [9.17, 15) is 8.78 Å². The molecule has 1 aromatic rings. The summed E-state index contributed by atoms with van der Waals surface area (Å²) in [5.74, 6) is -2.35. The summed E-state index contributed by atoms with van der Waals surface area (Å²) in [6, 6.07) is 0. The van der Waals surface area contributed by atoms with Crippen molar-refractivity contribution in [1.29, 1.82) is 0 Å². The second-order valence-electron chi connectivity index (χ2n) is 1.37. The van der Waals surface area contributed by atoms with Gasteiger partial charge in [-0.15, -0.1) is 0 Å². The minimum Gasteiger partial charge on any atom is -0.380 e. The van der Waals surface area contributed by atoms with E-state index in [1.54, 1.807) is 0 Å². The first-order chi connectivity index (χ1) is 4.20. The summed E-state index contributed by atoms with van der Waals surface area (Å²) >= 11 is 0. The van der Waals surface area contributed by atoms with E-state index in [-0.39, 0.29) is 0 Å². The Morgan fingerprint density at radius 2 is 2.11 bits per heavy atom. The molecular formula is C4H3F2N3. The van der Waals surface area contributed by atoms with Gasteiger partial charge < -0.3 is 5.73 Å². The molecule has 2 N–H and O–H groups in total. The standard InChI is InChI=1S/C4H3F2N3/c5-2-1-8-3(6)4(7)9-2/h1H,(H2,7,9). The molecule has 5 heteroatoms. The van der Waals surface area contributed by atoms with Gasteiger partial charge in [-0.1, -0.05) is 0 Å². The van der Waals surface area contributed by atoms with Gasteiger partial charge in [-0.2, -0.15) is 13.8 Å². The molecule has 0 spiro atoms. The van der Waals surface area contributed by atoms with E-state index in [0.717, 1.165) is 0 Å². The van der Waals surface area contributed by atoms with Crippen LogP contribution in [0.1, 0.15) is 0 Å². The molecule has 1 rings (SSSR count). The first kappa shape index (κ1) is 5.87. The van der Waals surface area contributed by atoms with Gasteiger partial charge >= 0.3 is 0 Å². The quantitative estimate of drug-likeness (QED) is 0.552. The van der Waals surface area contributed by atoms with Gasteiger partial charge in [-0.3, -0.25) is 0 Å². The number of nitrogens with two attached hydrogens (primary N) is 1. The van der Waals surface area contributed by atoms with Crippen molar-refractivity contribution in [2.75, 3.05) is 5.73 Å². The Morgan fingerprint density at radius 3 is 2.56 bits per heavy atom. The summed E-state index contributed by atoms with van der Waals surface area (Å²) in [7, 11) is 0. The topological polar surface area (TPSA) is 51.8 Å². The van der Waals surface area contributed by atoms with Crippen LogP contribution in [0.5, 0.6) is 0 Å². The average Bonchev–Trinajstić information content (AvgIpc) is 1.80. The fourth-order valence-corrected chi connectivity index (χ4v) is 0.366. The van der Waals surface area contributed by atoms with Gasteiger partial charge in [0, 0.05) is 0 Å². The van der Waals surface area contributed by atoms with Crippen LogP contribution >= 0.6 is 0 Å². The van der Waals surface area contributed by atoms with Crippen LogP contribution in [-0.4, -0.2) is 9.97 Å². The number of halogens is 2. The Bertz CT molecular complexity index is 225. The van der Waals surface area contributed by atoms with Crippen LogP contribution in [0.15, 0.2) is 6.20 Å². The molecule has 1 heterocycles. The van der Waals surface area contributed by atoms with Gasteiger partial charge in [0.1, 0.15) is 0 Å². The van der Waals surface area contributed by atoms with Crippen molar-refractivity contribution in [2.45, 2.75) is 0 Å². The lowest BCUT2D eigenvalue weighted by Gasteiger charge is -1.90. The highest BCUT2D eigenvalue weighted by Crippen LogP contribution is 2.00. The van der Waals surface area contributed by atoms with E-state index < -0.39 is 17.7 Å². The molecule has 1 aromatic heterocycles. The van der Waals surface area contributed by atoms with Crippen LogP contribution in [-0.2, 0) is 0 Å². The number of nitrogen functional groups attached to an aromatic ring is 1. The van der Waals surface area contributed by atoms with Crippen LogP contribution in [0.2, 0.25) is 0 Å². The third kappa shape index (κ3) is 1.10. The number of hydrogen-bond donors (Lipinski definition) is 1. The maximum Gasteiger partial charge on any atom is 0.255 e. The minimum atomic E-state index is -0.948. The Hall–Kier alpha value is -1.26. The number of nitrogens with zero attached hydrogens (tertiary/aromatic N) is 2. The summed E-state index contributed by atoms with van der Waals surface area (Å²) < 4.78 is 24.0. The Labute approximate surface area is 49.5 Å². The number of anilines is 1. The van der Waals surface area contributed by atoms with Crippen LogP contribution in [0.3, 0.4) is 0 Å². The summed E-state index contributed by atoms with van der Waals surface area (Å²) in [5.41, 5.74) is 4.83. The predicted molar refractivity (Wildman–Crippen MR) is 26.4 cm³/mol. The minimum absolute atomic E-state index is 0.519. The molecule has 0 atom stereocenters. The van der Waals surface area contributed by atoms with Crippen LogP contribution in [0.25, 0.3) is 0 Å². The maximum atomic E-state index is 12.0. The number of hydrogen-bond acceptors (Lipinski definition) is 3. The fraction of sp³-hybridized carbons (Fsp3) is 0. The molecule has 0 aromatic carbocycles. The Morgan fingerprint density at radius 1 is 1.44 bits per heavy atom. The van der Waals surface area contributed by atoms with E-state index in [4.69, 9.17) is 5.73 Å². The molecule has 0 bridgehead atoms. The first-order valence-corrected chi connectivity index (χ1v) is 2.13. The molecule has 0 amide bonds. The molecule has 0 unspecified atom stereocenters. The third-order valence-corrected chi connectivity index (χ3v) is 0.723. The molecule has 0 aliphatic heterocycles. The van der Waals surface area contributed by atoms with Crippen LogP contribution in [0.4, 0.5) is 14.6 Å². The Kier molecular flexibility index (Phi) is 1.26. The first-order valence-electron chi connectivity index (χ1n) is 2.13. The van der Waals surface area contributed by atoms with Crippen molar-refractivity contribution in [3.8, 4) is 0 Å². The van der Waals surface area contributed by atoms with Crippen molar-refractivity contribution in [2.24, 2.45) is 0 Å². The van der Waals surface area contributed by atoms with Gasteiger partial charge in [0.15, 0.2) is 5.82 Å². The van der Waals surface area contributed by atoms with Crippen molar-refractivity contribution in [1.82, 2.24) is 9.97 Å². The molecule has 0 aliphatic rings. The second-order valence-corrected chi connectivity index (χ2v) is 1.37. The van der Waals surface area contributed by atoms with Gasteiger partial charge in [0.2, 0.25) is 5.95 Å². The highest BCUT2D eigenvalue weighted by atomic mass is 19.1. The number of aromatic nitrogens is 2. The molecule has 0 saturated heterocycles. The van der Waals surface area contributed by atoms with E-state index in [2.05, 4.69) is 9.97 Å². The van der Waals surface area contributed by atoms with Gasteiger partial charge in [-0.25, -0.2) is 4.98 Å². The highest BCUT2D eigenvalue weighted by Gasteiger charge is 2.00. The van der Waals surface area contributed by atoms with Crippen LogP contribution in [0, 0.1) is 11.9 Å². The average molecular weight is 131 g/mol. The van der Waals surface area contributed by atoms with E-state index in [0.29, 0.717) is 6.20 Å². The van der Waals surface area contributed by atoms with E-state index >= 15 is 0 Å². The Balaban J connectivity index is 3.17. The normalized spacial score (nSPS) is 9.56. The number of rotatable bonds is 0. The molecule has 0 radical (unpaired) electrons. The molecule has 9 heavy (non-hydrogen) atoms. The summed E-state index contributed by atoms with van der Waals surface area (Å²) in [6.07, 6.45) is 0.658. The predicted octanol–water partition coefficient (Wildman–Crippen LogP) is 0.337. The van der Waals surface area contributed by atoms with Crippen LogP contribution < -0.4 is 5.73 Å². The SMILES string of the molecule is Nc1nc(F)cnc1F. The monoisotopic (exact) mass is 131 g/mol. The van der Waals surface area contributed by atoms with Crippen molar-refractivity contribution in [3.63, 3.8) is 0 Å². The van der Waals surface area contributed by atoms with Crippen molar-refractivity contribution in [3.05, 3.63) is 18.1 Å². The lowest BCUT2D eigenvalue weighted by molar-refractivity contribution is 0.535. The zero-order valence-corrected chi connectivity index (χ0v) is 4.31. The maximum absolute atomic E-state index is 12.0. The fourth-order valence-electron chi connectivity index (χ4n) is 0.366. The molecule has 0 saturated carbocycles. The van der Waals surface area contributed by atoms with E-state index in [1.165, 1.54) is 0 Å². The lowest BCUT2D eigenvalue weighted by Crippen LogP contribution is -1.99. The molecule has 0 fully saturated rings. The zero-order valence-electron chi connectivity index (χ0n) is 4.31. The lowest BCUT2D eigenvalue weighted by atomic mass is 10.6. The smallest absolute Gasteiger partial charge is 0.255 e. The molecule has 0 aliphatic carbocycles. The van der Waals surface area contributed by atoms with E-state index in [1.807, 2.05) is 0 Å². The summed E-state index contributed by atoms with van der Waals surface area (Å²) in [5, 5.41) is 0. The second kappa shape index (κ2) is 1.93. The van der Waals surface area contributed by atoms with Gasteiger partial charge in [0.25, 0.3) is 5.95 Å². The molecular weight excluding hydrogens is 128 g/mol. The van der Waals surface area contributed by atoms with Crippen molar-refractivity contribution >= 4 is 5.82 Å².